The first-order valence-electron chi connectivity index (χ1n) is 7.87. The van der Waals surface area contributed by atoms with Crippen LogP contribution in [-0.4, -0.2) is 46.4 Å². The molecule has 1 N–H and O–H groups in total. The summed E-state index contributed by atoms with van der Waals surface area (Å²) in [6.07, 6.45) is 0. The van der Waals surface area contributed by atoms with Gasteiger partial charge in [-0.2, -0.15) is 4.31 Å². The lowest BCUT2D eigenvalue weighted by atomic mass is 10.2. The number of nitrogens with zero attached hydrogens (tertiary/aromatic N) is 1. The highest BCUT2D eigenvalue weighted by Gasteiger charge is 2.23. The molecule has 1 amide bonds. The van der Waals surface area contributed by atoms with Crippen LogP contribution in [0.1, 0.15) is 5.56 Å². The van der Waals surface area contributed by atoms with Crippen LogP contribution in [0.3, 0.4) is 0 Å². The molecule has 8 heteroatoms. The minimum absolute atomic E-state index is 0.0957. The van der Waals surface area contributed by atoms with Crippen LogP contribution >= 0.6 is 0 Å². The van der Waals surface area contributed by atoms with Crippen molar-refractivity contribution in [3.05, 3.63) is 54.1 Å². The molecule has 0 bridgehead atoms. The van der Waals surface area contributed by atoms with Gasteiger partial charge in [0.05, 0.1) is 25.7 Å². The van der Waals surface area contributed by atoms with E-state index >= 15 is 0 Å². The zero-order valence-corrected chi connectivity index (χ0v) is 15.7. The van der Waals surface area contributed by atoms with Gasteiger partial charge < -0.3 is 14.8 Å². The quantitative estimate of drug-likeness (QED) is 0.755. The molecule has 140 valence electrons. The third kappa shape index (κ3) is 4.74. The molecule has 0 saturated carbocycles. The zero-order valence-electron chi connectivity index (χ0n) is 14.9. The van der Waals surface area contributed by atoms with Crippen LogP contribution in [0.2, 0.25) is 0 Å². The van der Waals surface area contributed by atoms with E-state index in [0.29, 0.717) is 11.5 Å². The van der Waals surface area contributed by atoms with Crippen LogP contribution in [-0.2, 0) is 21.4 Å². The molecule has 0 aliphatic heterocycles. The van der Waals surface area contributed by atoms with Gasteiger partial charge in [0.1, 0.15) is 11.5 Å². The second-order valence-corrected chi connectivity index (χ2v) is 7.57. The highest BCUT2D eigenvalue weighted by molar-refractivity contribution is 7.89. The van der Waals surface area contributed by atoms with Crippen molar-refractivity contribution in [3.8, 4) is 11.5 Å². The van der Waals surface area contributed by atoms with E-state index in [1.54, 1.807) is 25.3 Å². The third-order valence-electron chi connectivity index (χ3n) is 3.80. The lowest BCUT2D eigenvalue weighted by Crippen LogP contribution is -2.38. The smallest absolute Gasteiger partial charge is 0.243 e. The van der Waals surface area contributed by atoms with Crippen molar-refractivity contribution in [2.45, 2.75) is 11.4 Å². The normalized spacial score (nSPS) is 11.2. The molecule has 0 radical (unpaired) electrons. The average Bonchev–Trinajstić information content (AvgIpc) is 2.66. The van der Waals surface area contributed by atoms with Crippen LogP contribution in [0.15, 0.2) is 53.4 Å². The fourth-order valence-electron chi connectivity index (χ4n) is 2.31. The monoisotopic (exact) mass is 378 g/mol. The molecule has 0 aliphatic carbocycles. The summed E-state index contributed by atoms with van der Waals surface area (Å²) >= 11 is 0. The largest absolute Gasteiger partial charge is 0.497 e. The summed E-state index contributed by atoms with van der Waals surface area (Å²) in [6.45, 7) is -0.0389. The van der Waals surface area contributed by atoms with Crippen molar-refractivity contribution in [3.63, 3.8) is 0 Å². The zero-order chi connectivity index (χ0) is 19.2. The lowest BCUT2D eigenvalue weighted by molar-refractivity contribution is -0.121. The topological polar surface area (TPSA) is 84.9 Å². The summed E-state index contributed by atoms with van der Waals surface area (Å²) in [5, 5.41) is 2.70. The second-order valence-electron chi connectivity index (χ2n) is 5.53. The molecule has 0 saturated heterocycles. The maximum atomic E-state index is 12.5. The van der Waals surface area contributed by atoms with Gasteiger partial charge in [-0.15, -0.1) is 0 Å². The molecule has 0 heterocycles. The van der Waals surface area contributed by atoms with Gasteiger partial charge in [-0.3, -0.25) is 4.79 Å². The predicted molar refractivity (Wildman–Crippen MR) is 97.7 cm³/mol. The van der Waals surface area contributed by atoms with Crippen molar-refractivity contribution in [1.82, 2.24) is 9.62 Å². The lowest BCUT2D eigenvalue weighted by Gasteiger charge is -2.17. The maximum Gasteiger partial charge on any atom is 0.243 e. The summed E-state index contributed by atoms with van der Waals surface area (Å²) in [7, 11) is 0.654. The summed E-state index contributed by atoms with van der Waals surface area (Å²) in [5.41, 5.74) is 0.809. The first-order valence-corrected chi connectivity index (χ1v) is 9.31. The fourth-order valence-corrected chi connectivity index (χ4v) is 3.44. The van der Waals surface area contributed by atoms with Gasteiger partial charge in [-0.25, -0.2) is 8.42 Å². The van der Waals surface area contributed by atoms with Gasteiger partial charge in [0, 0.05) is 19.2 Å². The molecule has 0 aromatic heterocycles. The van der Waals surface area contributed by atoms with E-state index in [1.165, 1.54) is 26.3 Å². The van der Waals surface area contributed by atoms with E-state index in [1.807, 2.05) is 18.2 Å². The number of methoxy groups -OCH3 is 2. The van der Waals surface area contributed by atoms with Crippen molar-refractivity contribution >= 4 is 15.9 Å². The molecule has 2 rings (SSSR count). The summed E-state index contributed by atoms with van der Waals surface area (Å²) in [5.74, 6) is 0.809. The Hall–Kier alpha value is -2.58. The maximum absolute atomic E-state index is 12.5. The number of benzene rings is 2. The van der Waals surface area contributed by atoms with Crippen molar-refractivity contribution in [2.75, 3.05) is 27.8 Å². The minimum atomic E-state index is -3.76. The van der Waals surface area contributed by atoms with Crippen LogP contribution < -0.4 is 14.8 Å². The van der Waals surface area contributed by atoms with Crippen LogP contribution in [0.5, 0.6) is 11.5 Å². The van der Waals surface area contributed by atoms with E-state index in [-0.39, 0.29) is 18.0 Å². The average molecular weight is 378 g/mol. The molecule has 2 aromatic carbocycles. The molecular formula is C18H22N2O5S. The van der Waals surface area contributed by atoms with Crippen LogP contribution in [0.25, 0.3) is 0 Å². The first-order chi connectivity index (χ1) is 12.4. The van der Waals surface area contributed by atoms with Crippen LogP contribution in [0, 0.1) is 0 Å². The molecule has 26 heavy (non-hydrogen) atoms. The molecule has 0 unspecified atom stereocenters. The highest BCUT2D eigenvalue weighted by atomic mass is 32.2. The SMILES string of the molecule is COc1ccc(S(=O)(=O)N(C)CC(=O)NCc2ccccc2OC)cc1. The Morgan fingerprint density at radius 2 is 1.69 bits per heavy atom. The highest BCUT2D eigenvalue weighted by Crippen LogP contribution is 2.19. The molecule has 0 atom stereocenters. The number of para-hydroxylation sites is 1. The van der Waals surface area contributed by atoms with E-state index < -0.39 is 15.9 Å². The Kier molecular flexibility index (Phi) is 6.59. The number of hydrogen-bond acceptors (Lipinski definition) is 5. The van der Waals surface area contributed by atoms with E-state index in [9.17, 15) is 13.2 Å². The number of carbonyl (C=O) groups is 1. The van der Waals surface area contributed by atoms with E-state index in [0.717, 1.165) is 9.87 Å². The van der Waals surface area contributed by atoms with Gasteiger partial charge >= 0.3 is 0 Å². The standard InChI is InChI=1S/C18H22N2O5S/c1-20(26(22,23)16-10-8-15(24-2)9-11-16)13-18(21)19-12-14-6-4-5-7-17(14)25-3/h4-11H,12-13H2,1-3H3,(H,19,21). The number of amides is 1. The minimum Gasteiger partial charge on any atom is -0.497 e. The molecule has 0 aliphatic rings. The summed E-state index contributed by atoms with van der Waals surface area (Å²) in [6, 6.07) is 13.3. The predicted octanol–water partition coefficient (Wildman–Crippen LogP) is 1.64. The molecule has 0 fully saturated rings. The molecule has 0 spiro atoms. The summed E-state index contributed by atoms with van der Waals surface area (Å²) in [4.78, 5) is 12.2. The molecular weight excluding hydrogens is 356 g/mol. The number of hydrogen-bond donors (Lipinski definition) is 1. The number of sulfonamides is 1. The number of likely N-dealkylation sites (N-methyl/N-ethyl adjacent to an activating group) is 1. The van der Waals surface area contributed by atoms with Gasteiger partial charge in [0.25, 0.3) is 0 Å². The van der Waals surface area contributed by atoms with Crippen molar-refractivity contribution < 1.29 is 22.7 Å². The van der Waals surface area contributed by atoms with E-state index in [4.69, 9.17) is 9.47 Å². The Morgan fingerprint density at radius 1 is 1.04 bits per heavy atom. The molecule has 7 nitrogen and oxygen atoms in total. The Balaban J connectivity index is 1.98. The number of nitrogens with one attached hydrogen (secondary N) is 1. The van der Waals surface area contributed by atoms with Crippen LogP contribution in [0.4, 0.5) is 0 Å². The number of ether oxygens (including phenoxy) is 2. The summed E-state index contributed by atoms with van der Waals surface area (Å²) < 4.78 is 36.3. The number of carbonyl (C=O) groups excluding carboxylic acids is 1. The Labute approximate surface area is 153 Å². The van der Waals surface area contributed by atoms with Gasteiger partial charge in [-0.05, 0) is 30.3 Å². The third-order valence-corrected chi connectivity index (χ3v) is 5.62. The van der Waals surface area contributed by atoms with E-state index in [2.05, 4.69) is 5.32 Å². The second kappa shape index (κ2) is 8.68. The Bertz CT molecular complexity index is 850. The van der Waals surface area contributed by atoms with Gasteiger partial charge in [0.2, 0.25) is 15.9 Å². The Morgan fingerprint density at radius 3 is 2.31 bits per heavy atom. The first kappa shape index (κ1) is 19.7. The number of rotatable bonds is 8. The van der Waals surface area contributed by atoms with Crippen molar-refractivity contribution in [1.29, 1.82) is 0 Å². The van der Waals surface area contributed by atoms with Gasteiger partial charge in [-0.1, -0.05) is 18.2 Å². The fraction of sp³-hybridized carbons (Fsp3) is 0.278. The molecule has 2 aromatic rings. The van der Waals surface area contributed by atoms with Gasteiger partial charge in [0.15, 0.2) is 0 Å². The van der Waals surface area contributed by atoms with Crippen molar-refractivity contribution in [2.24, 2.45) is 0 Å².